The third kappa shape index (κ3) is 4.98. The summed E-state index contributed by atoms with van der Waals surface area (Å²) >= 11 is 2.90. The fourth-order valence-corrected chi connectivity index (χ4v) is 5.12. The van der Waals surface area contributed by atoms with E-state index in [4.69, 9.17) is 4.74 Å². The fourth-order valence-electron chi connectivity index (χ4n) is 3.26. The van der Waals surface area contributed by atoms with Crippen LogP contribution in [0, 0.1) is 11.8 Å². The Balaban J connectivity index is 1.40. The maximum Gasteiger partial charge on any atom is 0.316 e. The molecule has 1 aliphatic rings. The zero-order valence-corrected chi connectivity index (χ0v) is 16.7. The average molecular weight is 393 g/mol. The number of nitrogens with zero attached hydrogens (tertiary/aromatic N) is 1. The number of hydrogen-bond acceptors (Lipinski definition) is 6. The number of rotatable bonds is 6. The molecule has 0 unspecified atom stereocenters. The summed E-state index contributed by atoms with van der Waals surface area (Å²) < 4.78 is 7.04. The van der Waals surface area contributed by atoms with Crippen molar-refractivity contribution in [2.24, 2.45) is 11.8 Å². The number of esters is 1. The molecule has 140 valence electrons. The molecule has 26 heavy (non-hydrogen) atoms. The number of aromatic nitrogens is 1. The van der Waals surface area contributed by atoms with Gasteiger partial charge in [-0.2, -0.15) is 0 Å². The number of para-hydroxylation sites is 1. The normalized spacial score (nSPS) is 22.9. The number of hydrogen-bond donors (Lipinski definition) is 1. The third-order valence-corrected chi connectivity index (χ3v) is 7.16. The van der Waals surface area contributed by atoms with E-state index in [1.54, 1.807) is 11.3 Å². The van der Waals surface area contributed by atoms with Gasteiger partial charge in [-0.25, -0.2) is 4.98 Å². The van der Waals surface area contributed by atoms with E-state index in [1.165, 1.54) is 18.2 Å². The van der Waals surface area contributed by atoms with Crippen molar-refractivity contribution in [3.63, 3.8) is 0 Å². The lowest BCUT2D eigenvalue weighted by Crippen LogP contribution is -2.45. The second-order valence-electron chi connectivity index (χ2n) is 6.84. The standard InChI is InChI=1S/C19H24N2O3S2/c1-12-6-5-8-14(13(12)2)20-17(22)10-24-18(23)11-25-19-21-15-7-3-4-9-16(15)26-19/h3-4,7,9,12-14H,5-6,8,10-11H2,1-2H3,(H,20,22)/t12-,13+,14-/m0/s1. The molecule has 1 amide bonds. The number of thioether (sulfide) groups is 1. The average Bonchev–Trinajstić information content (AvgIpc) is 3.05. The van der Waals surface area contributed by atoms with Gasteiger partial charge < -0.3 is 10.1 Å². The lowest BCUT2D eigenvalue weighted by Gasteiger charge is -2.34. The van der Waals surface area contributed by atoms with Crippen LogP contribution < -0.4 is 5.32 Å². The fraction of sp³-hybridized carbons (Fsp3) is 0.526. The van der Waals surface area contributed by atoms with Gasteiger partial charge >= 0.3 is 5.97 Å². The maximum absolute atomic E-state index is 12.1. The highest BCUT2D eigenvalue weighted by Crippen LogP contribution is 2.30. The van der Waals surface area contributed by atoms with Crippen molar-refractivity contribution >= 4 is 45.2 Å². The first kappa shape index (κ1) is 19.2. The number of benzene rings is 1. The van der Waals surface area contributed by atoms with E-state index in [0.717, 1.165) is 27.4 Å². The van der Waals surface area contributed by atoms with Crippen molar-refractivity contribution < 1.29 is 14.3 Å². The minimum atomic E-state index is -0.394. The maximum atomic E-state index is 12.1. The molecule has 1 saturated carbocycles. The predicted octanol–water partition coefficient (Wildman–Crippen LogP) is 3.87. The Labute approximate surface area is 161 Å². The van der Waals surface area contributed by atoms with Gasteiger partial charge in [-0.05, 0) is 30.4 Å². The van der Waals surface area contributed by atoms with E-state index in [1.807, 2.05) is 24.3 Å². The molecule has 0 radical (unpaired) electrons. The lowest BCUT2D eigenvalue weighted by atomic mass is 9.78. The van der Waals surface area contributed by atoms with Crippen molar-refractivity contribution in [3.8, 4) is 0 Å². The second-order valence-corrected chi connectivity index (χ2v) is 9.09. The van der Waals surface area contributed by atoms with Gasteiger partial charge in [0.15, 0.2) is 10.9 Å². The SMILES string of the molecule is C[C@H]1[C@@H](NC(=O)COC(=O)CSc2nc3ccccc3s2)CCC[C@@H]1C. The van der Waals surface area contributed by atoms with E-state index >= 15 is 0 Å². The molecule has 1 aromatic heterocycles. The Morgan fingerprint density at radius 2 is 2.12 bits per heavy atom. The Morgan fingerprint density at radius 1 is 1.31 bits per heavy atom. The minimum Gasteiger partial charge on any atom is -0.455 e. The topological polar surface area (TPSA) is 68.3 Å². The molecule has 1 heterocycles. The summed E-state index contributed by atoms with van der Waals surface area (Å²) in [7, 11) is 0. The monoisotopic (exact) mass is 392 g/mol. The van der Waals surface area contributed by atoms with Crippen LogP contribution in [0.15, 0.2) is 28.6 Å². The number of carbonyl (C=O) groups excluding carboxylic acids is 2. The number of nitrogens with one attached hydrogen (secondary N) is 1. The van der Waals surface area contributed by atoms with Crippen LogP contribution >= 0.6 is 23.1 Å². The molecule has 0 saturated heterocycles. The highest BCUT2D eigenvalue weighted by Gasteiger charge is 2.28. The van der Waals surface area contributed by atoms with Gasteiger partial charge in [-0.15, -0.1) is 11.3 Å². The smallest absolute Gasteiger partial charge is 0.316 e. The van der Waals surface area contributed by atoms with Crippen LogP contribution in [-0.4, -0.2) is 35.3 Å². The summed E-state index contributed by atoms with van der Waals surface area (Å²) in [6.07, 6.45) is 3.35. The summed E-state index contributed by atoms with van der Waals surface area (Å²) in [6, 6.07) is 8.05. The first-order chi connectivity index (χ1) is 12.5. The van der Waals surface area contributed by atoms with Gasteiger partial charge in [0.25, 0.3) is 5.91 Å². The van der Waals surface area contributed by atoms with Crippen LogP contribution in [0.5, 0.6) is 0 Å². The predicted molar refractivity (Wildman–Crippen MR) is 105 cm³/mol. The lowest BCUT2D eigenvalue weighted by molar-refractivity contribution is -0.146. The van der Waals surface area contributed by atoms with Crippen LogP contribution in [0.2, 0.25) is 0 Å². The molecule has 0 aliphatic heterocycles. The van der Waals surface area contributed by atoms with Gasteiger partial charge in [0.2, 0.25) is 0 Å². The second kappa shape index (κ2) is 8.86. The first-order valence-corrected chi connectivity index (χ1v) is 10.8. The molecule has 1 aromatic carbocycles. The summed E-state index contributed by atoms with van der Waals surface area (Å²) in [6.45, 7) is 4.19. The summed E-state index contributed by atoms with van der Waals surface area (Å²) in [4.78, 5) is 28.4. The largest absolute Gasteiger partial charge is 0.455 e. The molecule has 2 aromatic rings. The Kier molecular flexibility index (Phi) is 6.53. The summed E-state index contributed by atoms with van der Waals surface area (Å²) in [5.74, 6) is 0.618. The van der Waals surface area contributed by atoms with Gasteiger partial charge in [-0.3, -0.25) is 9.59 Å². The van der Waals surface area contributed by atoms with E-state index < -0.39 is 5.97 Å². The van der Waals surface area contributed by atoms with Crippen molar-refractivity contribution in [2.45, 2.75) is 43.5 Å². The van der Waals surface area contributed by atoms with Gasteiger partial charge in [0.1, 0.15) is 0 Å². The highest BCUT2D eigenvalue weighted by molar-refractivity contribution is 8.01. The first-order valence-electron chi connectivity index (χ1n) is 8.96. The molecule has 0 spiro atoms. The van der Waals surface area contributed by atoms with Crippen LogP contribution in [0.3, 0.4) is 0 Å². The molecule has 1 fully saturated rings. The molecular formula is C19H24N2O3S2. The highest BCUT2D eigenvalue weighted by atomic mass is 32.2. The molecule has 0 bridgehead atoms. The molecule has 1 N–H and O–H groups in total. The summed E-state index contributed by atoms with van der Waals surface area (Å²) in [5, 5.41) is 3.01. The molecule has 3 rings (SSSR count). The summed E-state index contributed by atoms with van der Waals surface area (Å²) in [5.41, 5.74) is 0.934. The minimum absolute atomic E-state index is 0.157. The number of amides is 1. The van der Waals surface area contributed by atoms with E-state index in [-0.39, 0.29) is 24.3 Å². The van der Waals surface area contributed by atoms with Gasteiger partial charge in [0.05, 0.1) is 16.0 Å². The van der Waals surface area contributed by atoms with Crippen LogP contribution in [0.4, 0.5) is 0 Å². The number of fused-ring (bicyclic) bond motifs is 1. The Morgan fingerprint density at radius 3 is 2.92 bits per heavy atom. The Hall–Kier alpha value is -1.60. The van der Waals surface area contributed by atoms with Crippen molar-refractivity contribution in [1.29, 1.82) is 0 Å². The molecule has 3 atom stereocenters. The molecule has 7 heteroatoms. The van der Waals surface area contributed by atoms with Gasteiger partial charge in [0, 0.05) is 6.04 Å². The number of ether oxygens (including phenoxy) is 1. The van der Waals surface area contributed by atoms with E-state index in [0.29, 0.717) is 11.8 Å². The van der Waals surface area contributed by atoms with Crippen molar-refractivity contribution in [3.05, 3.63) is 24.3 Å². The number of thiazole rings is 1. The van der Waals surface area contributed by atoms with E-state index in [9.17, 15) is 9.59 Å². The Bertz CT molecular complexity index is 744. The van der Waals surface area contributed by atoms with Crippen LogP contribution in [-0.2, 0) is 14.3 Å². The molecule has 1 aliphatic carbocycles. The number of carbonyl (C=O) groups is 2. The van der Waals surface area contributed by atoms with Crippen molar-refractivity contribution in [1.82, 2.24) is 10.3 Å². The third-order valence-electron chi connectivity index (χ3n) is 5.01. The zero-order chi connectivity index (χ0) is 18.5. The quantitative estimate of drug-likeness (QED) is 0.597. The zero-order valence-electron chi connectivity index (χ0n) is 15.1. The molecule has 5 nitrogen and oxygen atoms in total. The van der Waals surface area contributed by atoms with Crippen molar-refractivity contribution in [2.75, 3.05) is 12.4 Å². The van der Waals surface area contributed by atoms with Crippen LogP contribution in [0.25, 0.3) is 10.2 Å². The molecular weight excluding hydrogens is 368 g/mol. The van der Waals surface area contributed by atoms with Crippen LogP contribution in [0.1, 0.15) is 33.1 Å². The van der Waals surface area contributed by atoms with E-state index in [2.05, 4.69) is 24.1 Å². The van der Waals surface area contributed by atoms with Gasteiger partial charge in [-0.1, -0.05) is 50.6 Å².